The second kappa shape index (κ2) is 5.27. The molecule has 0 aliphatic heterocycles. The summed E-state index contributed by atoms with van der Waals surface area (Å²) in [5.74, 6) is 1.18. The Labute approximate surface area is 84.2 Å². The average molecular weight is 193 g/mol. The van der Waals surface area contributed by atoms with Crippen molar-refractivity contribution in [1.82, 2.24) is 0 Å². The Morgan fingerprint density at radius 2 is 1.86 bits per heavy atom. The van der Waals surface area contributed by atoms with Gasteiger partial charge in [-0.25, -0.2) is 0 Å². The molecule has 0 aliphatic carbocycles. The Morgan fingerprint density at radius 3 is 2.36 bits per heavy atom. The van der Waals surface area contributed by atoms with Gasteiger partial charge < -0.3 is 9.47 Å². The van der Waals surface area contributed by atoms with Crippen molar-refractivity contribution in [3.05, 3.63) is 29.8 Å². The number of ether oxygens (including phenoxy) is 2. The molecular weight excluding hydrogens is 178 g/mol. The van der Waals surface area contributed by atoms with E-state index in [0.29, 0.717) is 12.3 Å². The van der Waals surface area contributed by atoms with Crippen LogP contribution in [0.3, 0.4) is 0 Å². The third-order valence-corrected chi connectivity index (χ3v) is 2.05. The largest absolute Gasteiger partial charge is 0.497 e. The third-order valence-electron chi connectivity index (χ3n) is 2.05. The minimum atomic E-state index is 0.320. The first-order valence-corrected chi connectivity index (χ1v) is 4.50. The molecule has 0 bridgehead atoms. The first-order valence-electron chi connectivity index (χ1n) is 4.50. The molecule has 76 valence electrons. The quantitative estimate of drug-likeness (QED) is 0.588. The van der Waals surface area contributed by atoms with Crippen molar-refractivity contribution in [2.75, 3.05) is 14.2 Å². The number of hydrogen-bond acceptors (Lipinski definition) is 3. The molecule has 0 saturated heterocycles. The van der Waals surface area contributed by atoms with E-state index in [9.17, 15) is 0 Å². The van der Waals surface area contributed by atoms with Gasteiger partial charge in [0.15, 0.2) is 5.90 Å². The van der Waals surface area contributed by atoms with Crippen LogP contribution in [0.4, 0.5) is 0 Å². The molecule has 0 aliphatic rings. The smallest absolute Gasteiger partial charge is 0.180 e. The van der Waals surface area contributed by atoms with Gasteiger partial charge in [0.05, 0.1) is 14.2 Å². The normalized spacial score (nSPS) is 9.57. The zero-order valence-electron chi connectivity index (χ0n) is 8.54. The monoisotopic (exact) mass is 193 g/mol. The van der Waals surface area contributed by atoms with Crippen molar-refractivity contribution < 1.29 is 9.47 Å². The molecule has 0 aromatic heterocycles. The van der Waals surface area contributed by atoms with Gasteiger partial charge in [-0.2, -0.15) is 0 Å². The van der Waals surface area contributed by atoms with Crippen LogP contribution in [-0.2, 0) is 11.2 Å². The summed E-state index contributed by atoms with van der Waals surface area (Å²) >= 11 is 0. The van der Waals surface area contributed by atoms with E-state index in [2.05, 4.69) is 0 Å². The Bertz CT molecular complexity index is 293. The molecule has 0 saturated carbocycles. The molecule has 1 aromatic rings. The van der Waals surface area contributed by atoms with Crippen LogP contribution in [-0.4, -0.2) is 20.1 Å². The van der Waals surface area contributed by atoms with Crippen molar-refractivity contribution in [3.63, 3.8) is 0 Å². The molecule has 0 spiro atoms. The van der Waals surface area contributed by atoms with Gasteiger partial charge in [-0.05, 0) is 24.1 Å². The van der Waals surface area contributed by atoms with E-state index >= 15 is 0 Å². The zero-order valence-corrected chi connectivity index (χ0v) is 8.54. The average Bonchev–Trinajstić information content (AvgIpc) is 2.26. The number of nitrogens with one attached hydrogen (secondary N) is 1. The zero-order chi connectivity index (χ0) is 10.4. The number of aryl methyl sites for hydroxylation is 1. The van der Waals surface area contributed by atoms with Gasteiger partial charge in [-0.3, -0.25) is 5.41 Å². The summed E-state index contributed by atoms with van der Waals surface area (Å²) in [4.78, 5) is 0. The first-order chi connectivity index (χ1) is 6.76. The molecule has 0 amide bonds. The molecule has 1 aromatic carbocycles. The van der Waals surface area contributed by atoms with Crippen LogP contribution < -0.4 is 4.74 Å². The van der Waals surface area contributed by atoms with E-state index in [1.807, 2.05) is 24.3 Å². The Kier molecular flexibility index (Phi) is 3.98. The van der Waals surface area contributed by atoms with E-state index in [1.54, 1.807) is 7.11 Å². The molecule has 0 radical (unpaired) electrons. The van der Waals surface area contributed by atoms with E-state index in [1.165, 1.54) is 12.7 Å². The molecule has 14 heavy (non-hydrogen) atoms. The van der Waals surface area contributed by atoms with Gasteiger partial charge >= 0.3 is 0 Å². The maximum atomic E-state index is 7.32. The minimum Gasteiger partial charge on any atom is -0.497 e. The van der Waals surface area contributed by atoms with Crippen molar-refractivity contribution in [3.8, 4) is 5.75 Å². The molecule has 1 N–H and O–H groups in total. The maximum absolute atomic E-state index is 7.32. The van der Waals surface area contributed by atoms with Crippen LogP contribution in [0, 0.1) is 5.41 Å². The second-order valence-electron chi connectivity index (χ2n) is 2.98. The topological polar surface area (TPSA) is 42.3 Å². The van der Waals surface area contributed by atoms with Gasteiger partial charge in [0.2, 0.25) is 0 Å². The van der Waals surface area contributed by atoms with Gasteiger partial charge in [0.1, 0.15) is 5.75 Å². The maximum Gasteiger partial charge on any atom is 0.180 e. The molecular formula is C11H15NO2. The highest BCUT2D eigenvalue weighted by atomic mass is 16.5. The summed E-state index contributed by atoms with van der Waals surface area (Å²) in [6, 6.07) is 7.85. The lowest BCUT2D eigenvalue weighted by Crippen LogP contribution is -2.00. The molecule has 0 unspecified atom stereocenters. The van der Waals surface area contributed by atoms with Crippen molar-refractivity contribution in [2.45, 2.75) is 12.8 Å². The molecule has 1 rings (SSSR count). The predicted molar refractivity (Wildman–Crippen MR) is 56.1 cm³/mol. The van der Waals surface area contributed by atoms with Gasteiger partial charge in [0.25, 0.3) is 0 Å². The van der Waals surface area contributed by atoms with E-state index in [0.717, 1.165) is 12.2 Å². The van der Waals surface area contributed by atoms with Crippen molar-refractivity contribution in [2.24, 2.45) is 0 Å². The standard InChI is InChI=1S/C11H15NO2/c1-13-10-6-3-9(4-7-10)5-8-11(12)14-2/h3-4,6-7,12H,5,8H2,1-2H3. The third kappa shape index (κ3) is 3.09. The fraction of sp³-hybridized carbons (Fsp3) is 0.364. The SMILES string of the molecule is COC(=N)CCc1ccc(OC)cc1. The Balaban J connectivity index is 2.47. The molecule has 3 heteroatoms. The van der Waals surface area contributed by atoms with Crippen molar-refractivity contribution >= 4 is 5.90 Å². The molecule has 0 heterocycles. The number of methoxy groups -OCH3 is 2. The summed E-state index contributed by atoms with van der Waals surface area (Å²) in [6.45, 7) is 0. The molecule has 3 nitrogen and oxygen atoms in total. The second-order valence-corrected chi connectivity index (χ2v) is 2.98. The molecule has 0 fully saturated rings. The van der Waals surface area contributed by atoms with E-state index in [4.69, 9.17) is 14.9 Å². The van der Waals surface area contributed by atoms with Crippen LogP contribution in [0.2, 0.25) is 0 Å². The first kappa shape index (κ1) is 10.6. The lowest BCUT2D eigenvalue weighted by atomic mass is 10.1. The predicted octanol–water partition coefficient (Wildman–Crippen LogP) is 2.25. The van der Waals surface area contributed by atoms with Crippen LogP contribution in [0.25, 0.3) is 0 Å². The molecule has 0 atom stereocenters. The summed E-state index contributed by atoms with van der Waals surface area (Å²) in [5.41, 5.74) is 1.19. The van der Waals surface area contributed by atoms with Gasteiger partial charge in [0, 0.05) is 6.42 Å². The lowest BCUT2D eigenvalue weighted by Gasteiger charge is -2.03. The summed E-state index contributed by atoms with van der Waals surface area (Å²) in [7, 11) is 3.17. The summed E-state index contributed by atoms with van der Waals surface area (Å²) in [6.07, 6.45) is 1.47. The number of benzene rings is 1. The van der Waals surface area contributed by atoms with Crippen molar-refractivity contribution in [1.29, 1.82) is 5.41 Å². The minimum absolute atomic E-state index is 0.320. The highest BCUT2D eigenvalue weighted by Crippen LogP contribution is 2.12. The van der Waals surface area contributed by atoms with Crippen LogP contribution in [0.1, 0.15) is 12.0 Å². The van der Waals surface area contributed by atoms with Crippen LogP contribution in [0.15, 0.2) is 24.3 Å². The van der Waals surface area contributed by atoms with Gasteiger partial charge in [-0.1, -0.05) is 12.1 Å². The highest BCUT2D eigenvalue weighted by molar-refractivity contribution is 5.72. The Hall–Kier alpha value is -1.51. The van der Waals surface area contributed by atoms with Gasteiger partial charge in [-0.15, -0.1) is 0 Å². The summed E-state index contributed by atoms with van der Waals surface area (Å²) in [5, 5.41) is 7.32. The van der Waals surface area contributed by atoms with E-state index in [-0.39, 0.29) is 0 Å². The van der Waals surface area contributed by atoms with Crippen LogP contribution in [0.5, 0.6) is 5.75 Å². The van der Waals surface area contributed by atoms with Crippen LogP contribution >= 0.6 is 0 Å². The fourth-order valence-electron chi connectivity index (χ4n) is 1.15. The highest BCUT2D eigenvalue weighted by Gasteiger charge is 1.98. The summed E-state index contributed by atoms with van der Waals surface area (Å²) < 4.78 is 9.82. The Morgan fingerprint density at radius 1 is 1.21 bits per heavy atom. The number of rotatable bonds is 4. The lowest BCUT2D eigenvalue weighted by molar-refractivity contribution is 0.386. The number of hydrogen-bond donors (Lipinski definition) is 1. The van der Waals surface area contributed by atoms with E-state index < -0.39 is 0 Å². The fourth-order valence-corrected chi connectivity index (χ4v) is 1.15.